The van der Waals surface area contributed by atoms with Crippen molar-refractivity contribution in [1.29, 1.82) is 0 Å². The first-order valence-corrected chi connectivity index (χ1v) is 9.18. The van der Waals surface area contributed by atoms with E-state index in [1.807, 2.05) is 31.2 Å². The van der Waals surface area contributed by atoms with Gasteiger partial charge < -0.3 is 15.1 Å². The lowest BCUT2D eigenvalue weighted by Gasteiger charge is -2.29. The molecule has 0 spiro atoms. The van der Waals surface area contributed by atoms with Crippen molar-refractivity contribution < 1.29 is 14.6 Å². The second-order valence-electron chi connectivity index (χ2n) is 7.20. The first-order chi connectivity index (χ1) is 12.1. The number of hydrogen-bond acceptors (Lipinski definition) is 1. The molecule has 3 rings (SSSR count). The first-order valence-electron chi connectivity index (χ1n) is 9.18. The Morgan fingerprint density at radius 1 is 0.960 bits per heavy atom. The van der Waals surface area contributed by atoms with E-state index in [9.17, 15) is 4.79 Å². The highest BCUT2D eigenvalue weighted by molar-refractivity contribution is 5.91. The van der Waals surface area contributed by atoms with Gasteiger partial charge in [0.1, 0.15) is 32.7 Å². The number of rotatable bonds is 5. The molecule has 4 nitrogen and oxygen atoms in total. The minimum absolute atomic E-state index is 0.114. The Kier molecular flexibility index (Phi) is 5.84. The van der Waals surface area contributed by atoms with E-state index in [0.29, 0.717) is 6.54 Å². The van der Waals surface area contributed by atoms with Crippen molar-refractivity contribution in [3.8, 4) is 0 Å². The summed E-state index contributed by atoms with van der Waals surface area (Å²) in [5.41, 5.74) is 4.88. The van der Waals surface area contributed by atoms with Crippen LogP contribution in [0.4, 0.5) is 5.69 Å². The molecule has 1 amide bonds. The zero-order valence-electron chi connectivity index (χ0n) is 15.3. The van der Waals surface area contributed by atoms with Gasteiger partial charge in [0.2, 0.25) is 0 Å². The summed E-state index contributed by atoms with van der Waals surface area (Å²) in [5, 5.41) is 3.02. The minimum atomic E-state index is 0.114. The molecule has 1 aliphatic heterocycles. The molecule has 1 aliphatic rings. The summed E-state index contributed by atoms with van der Waals surface area (Å²) in [4.78, 5) is 15.3. The fraction of sp³-hybridized carbons (Fsp3) is 0.381. The van der Waals surface area contributed by atoms with E-state index in [2.05, 4.69) is 36.5 Å². The highest BCUT2D eigenvalue weighted by Gasteiger charge is 2.25. The summed E-state index contributed by atoms with van der Waals surface area (Å²) < 4.78 is 0. The Labute approximate surface area is 150 Å². The van der Waals surface area contributed by atoms with Gasteiger partial charge in [0.05, 0.1) is 0 Å². The summed E-state index contributed by atoms with van der Waals surface area (Å²) in [6.07, 6.45) is 0. The normalized spacial score (nSPS) is 20.2. The van der Waals surface area contributed by atoms with Crippen molar-refractivity contribution in [2.75, 3.05) is 38.0 Å². The van der Waals surface area contributed by atoms with Crippen molar-refractivity contribution in [2.45, 2.75) is 20.4 Å². The molecule has 25 heavy (non-hydrogen) atoms. The Bertz CT molecular complexity index is 721. The van der Waals surface area contributed by atoms with Crippen LogP contribution >= 0.6 is 0 Å². The quantitative estimate of drug-likeness (QED) is 0.717. The molecule has 4 heteroatoms. The molecule has 2 aromatic rings. The number of benzene rings is 2. The van der Waals surface area contributed by atoms with Crippen LogP contribution in [0.15, 0.2) is 48.5 Å². The topological polar surface area (TPSA) is 38.0 Å². The smallest absolute Gasteiger partial charge is 0.279 e. The van der Waals surface area contributed by atoms with Crippen LogP contribution in [0.2, 0.25) is 0 Å². The summed E-state index contributed by atoms with van der Waals surface area (Å²) >= 11 is 0. The highest BCUT2D eigenvalue weighted by atomic mass is 16.2. The molecule has 132 valence electrons. The fourth-order valence-electron chi connectivity index (χ4n) is 3.54. The average molecular weight is 339 g/mol. The third kappa shape index (κ3) is 5.15. The van der Waals surface area contributed by atoms with Gasteiger partial charge in [0, 0.05) is 11.3 Å². The molecule has 0 unspecified atom stereocenters. The van der Waals surface area contributed by atoms with Gasteiger partial charge >= 0.3 is 0 Å². The molecule has 0 saturated carbocycles. The Morgan fingerprint density at radius 2 is 1.68 bits per heavy atom. The van der Waals surface area contributed by atoms with Crippen LogP contribution in [0.5, 0.6) is 0 Å². The van der Waals surface area contributed by atoms with Crippen molar-refractivity contribution in [1.82, 2.24) is 0 Å². The number of anilines is 1. The van der Waals surface area contributed by atoms with E-state index >= 15 is 0 Å². The van der Waals surface area contributed by atoms with E-state index < -0.39 is 0 Å². The number of aryl methyl sites for hydroxylation is 2. The van der Waals surface area contributed by atoms with E-state index in [0.717, 1.165) is 38.4 Å². The lowest BCUT2D eigenvalue weighted by Crippen LogP contribution is -3.28. The van der Waals surface area contributed by atoms with Gasteiger partial charge in [-0.15, -0.1) is 0 Å². The maximum Gasteiger partial charge on any atom is 0.279 e. The van der Waals surface area contributed by atoms with E-state index in [1.54, 1.807) is 4.90 Å². The van der Waals surface area contributed by atoms with Gasteiger partial charge in [-0.1, -0.05) is 36.4 Å². The molecule has 2 aromatic carbocycles. The van der Waals surface area contributed by atoms with Crippen molar-refractivity contribution >= 4 is 11.6 Å². The molecule has 0 aromatic heterocycles. The summed E-state index contributed by atoms with van der Waals surface area (Å²) in [6, 6.07) is 16.6. The lowest BCUT2D eigenvalue weighted by atomic mass is 10.1. The highest BCUT2D eigenvalue weighted by Crippen LogP contribution is 2.08. The summed E-state index contributed by atoms with van der Waals surface area (Å²) in [5.74, 6) is 0.114. The second-order valence-corrected chi connectivity index (χ2v) is 7.20. The monoisotopic (exact) mass is 339 g/mol. The van der Waals surface area contributed by atoms with Crippen LogP contribution in [0.25, 0.3) is 0 Å². The molecule has 0 bridgehead atoms. The van der Waals surface area contributed by atoms with Crippen molar-refractivity contribution in [2.24, 2.45) is 0 Å². The number of piperazine rings is 1. The van der Waals surface area contributed by atoms with E-state index in [1.165, 1.54) is 21.6 Å². The SMILES string of the molecule is Cc1cccc(NC(=O)C[NH+]2CC[NH+](Cc3ccccc3C)CC2)c1. The van der Waals surface area contributed by atoms with Crippen LogP contribution in [0, 0.1) is 13.8 Å². The molecule has 1 saturated heterocycles. The predicted octanol–water partition coefficient (Wildman–Crippen LogP) is 0.226. The number of carbonyl (C=O) groups is 1. The largest absolute Gasteiger partial charge is 0.322 e. The first kappa shape index (κ1) is 17.6. The minimum Gasteiger partial charge on any atom is -0.322 e. The van der Waals surface area contributed by atoms with Gasteiger partial charge in [-0.3, -0.25) is 4.79 Å². The van der Waals surface area contributed by atoms with Gasteiger partial charge in [-0.05, 0) is 37.1 Å². The van der Waals surface area contributed by atoms with Gasteiger partial charge in [-0.2, -0.15) is 0 Å². The second kappa shape index (κ2) is 8.28. The maximum absolute atomic E-state index is 12.3. The standard InChI is InChI=1S/C21H27N3O/c1-17-6-5-9-20(14-17)22-21(25)16-24-12-10-23(11-13-24)15-19-8-4-3-7-18(19)2/h3-9,14H,10-13,15-16H2,1-2H3,(H,22,25)/p+2. The molecule has 3 N–H and O–H groups in total. The third-order valence-corrected chi connectivity index (χ3v) is 5.08. The van der Waals surface area contributed by atoms with Crippen LogP contribution in [0.3, 0.4) is 0 Å². The summed E-state index contributed by atoms with van der Waals surface area (Å²) in [6.45, 7) is 10.2. The third-order valence-electron chi connectivity index (χ3n) is 5.08. The van der Waals surface area contributed by atoms with Gasteiger partial charge in [-0.25, -0.2) is 0 Å². The molecule has 0 aliphatic carbocycles. The molecular weight excluding hydrogens is 310 g/mol. The summed E-state index contributed by atoms with van der Waals surface area (Å²) in [7, 11) is 0. The number of amides is 1. The van der Waals surface area contributed by atoms with Crippen LogP contribution < -0.4 is 15.1 Å². The van der Waals surface area contributed by atoms with Crippen LogP contribution in [0.1, 0.15) is 16.7 Å². The maximum atomic E-state index is 12.3. The van der Waals surface area contributed by atoms with Crippen molar-refractivity contribution in [3.05, 3.63) is 65.2 Å². The zero-order valence-corrected chi connectivity index (χ0v) is 15.3. The molecule has 0 radical (unpaired) electrons. The van der Waals surface area contributed by atoms with E-state index in [-0.39, 0.29) is 5.91 Å². The zero-order chi connectivity index (χ0) is 17.6. The predicted molar refractivity (Wildman–Crippen MR) is 101 cm³/mol. The molecular formula is C21H29N3O+2. The van der Waals surface area contributed by atoms with Gasteiger partial charge in [0.25, 0.3) is 5.91 Å². The molecule has 0 atom stereocenters. The van der Waals surface area contributed by atoms with Crippen LogP contribution in [-0.4, -0.2) is 38.6 Å². The number of quaternary nitrogens is 2. The fourth-order valence-corrected chi connectivity index (χ4v) is 3.54. The Morgan fingerprint density at radius 3 is 2.40 bits per heavy atom. The number of nitrogens with one attached hydrogen (secondary N) is 3. The van der Waals surface area contributed by atoms with Gasteiger partial charge in [0.15, 0.2) is 6.54 Å². The van der Waals surface area contributed by atoms with Crippen LogP contribution in [-0.2, 0) is 11.3 Å². The van der Waals surface area contributed by atoms with Crippen molar-refractivity contribution in [3.63, 3.8) is 0 Å². The lowest BCUT2D eigenvalue weighted by molar-refractivity contribution is -1.02. The Balaban J connectivity index is 1.44. The number of carbonyl (C=O) groups excluding carboxylic acids is 1. The average Bonchev–Trinajstić information content (AvgIpc) is 2.58. The molecule has 1 heterocycles. The Hall–Kier alpha value is -2.17. The van der Waals surface area contributed by atoms with E-state index in [4.69, 9.17) is 0 Å². The number of hydrogen-bond donors (Lipinski definition) is 3. The molecule has 1 fully saturated rings.